The molecule has 3 rings (SSSR count). The van der Waals surface area contributed by atoms with Gasteiger partial charge in [-0.2, -0.15) is 0 Å². The number of nitrogen functional groups attached to an aromatic ring is 1. The van der Waals surface area contributed by atoms with E-state index in [-0.39, 0.29) is 24.0 Å². The van der Waals surface area contributed by atoms with Crippen molar-refractivity contribution < 1.29 is 9.59 Å². The lowest BCUT2D eigenvalue weighted by Gasteiger charge is -2.41. The molecule has 26 heavy (non-hydrogen) atoms. The summed E-state index contributed by atoms with van der Waals surface area (Å²) in [5.74, 6) is 1.80. The number of nitrogens with one attached hydrogen (secondary N) is 1. The number of nitrogens with zero attached hydrogens (tertiary/aromatic N) is 1. The largest absolute Gasteiger partial charge is 0.384 e. The smallest absolute Gasteiger partial charge is 0.267 e. The Morgan fingerprint density at radius 1 is 1.15 bits per heavy atom. The Morgan fingerprint density at radius 2 is 1.92 bits per heavy atom. The van der Waals surface area contributed by atoms with Gasteiger partial charge in [-0.25, -0.2) is 4.98 Å². The van der Waals surface area contributed by atoms with Crippen molar-refractivity contribution in [1.82, 2.24) is 10.3 Å². The number of hydrogen-bond donors (Lipinski definition) is 3. The Kier molecular flexibility index (Phi) is 6.12. The molecule has 6 heteroatoms. The molecule has 141 valence electrons. The van der Waals surface area contributed by atoms with Crippen molar-refractivity contribution in [3.8, 4) is 0 Å². The van der Waals surface area contributed by atoms with Crippen molar-refractivity contribution in [2.45, 2.75) is 57.9 Å². The quantitative estimate of drug-likeness (QED) is 0.726. The van der Waals surface area contributed by atoms with Crippen LogP contribution in [0.25, 0.3) is 0 Å². The number of carbonyl (C=O) groups excluding carboxylic acids is 2. The third-order valence-electron chi connectivity index (χ3n) is 6.02. The van der Waals surface area contributed by atoms with E-state index < -0.39 is 5.91 Å². The Labute approximate surface area is 155 Å². The number of aromatic nitrogens is 1. The molecular weight excluding hydrogens is 328 g/mol. The summed E-state index contributed by atoms with van der Waals surface area (Å²) in [6, 6.07) is 3.28. The molecule has 2 fully saturated rings. The molecule has 0 aliphatic heterocycles. The molecular formula is C20H29N4O2. The maximum absolute atomic E-state index is 12.2. The minimum Gasteiger partial charge on any atom is -0.384 e. The van der Waals surface area contributed by atoms with Crippen molar-refractivity contribution in [2.24, 2.45) is 23.5 Å². The van der Waals surface area contributed by atoms with Crippen LogP contribution in [-0.4, -0.2) is 16.8 Å². The van der Waals surface area contributed by atoms with Crippen LogP contribution in [0.1, 0.15) is 67.4 Å². The minimum absolute atomic E-state index is 0.102. The van der Waals surface area contributed by atoms with E-state index in [1.807, 2.05) is 0 Å². The van der Waals surface area contributed by atoms with E-state index in [4.69, 9.17) is 11.5 Å². The highest BCUT2D eigenvalue weighted by Crippen LogP contribution is 2.45. The molecule has 1 radical (unpaired) electrons. The highest BCUT2D eigenvalue weighted by molar-refractivity contribution is 5.93. The first-order chi connectivity index (χ1) is 12.5. The fourth-order valence-corrected chi connectivity index (χ4v) is 4.74. The Bertz CT molecular complexity index is 659. The van der Waals surface area contributed by atoms with Gasteiger partial charge in [0.15, 0.2) is 0 Å². The van der Waals surface area contributed by atoms with Gasteiger partial charge in [0.05, 0.1) is 0 Å². The zero-order valence-electron chi connectivity index (χ0n) is 15.2. The SMILES string of the molecule is NC(=O)c1nc(N)ccc1CNC(=O)[CH]CC1CCCC2CCCC[C@@H]12. The number of rotatable bonds is 6. The zero-order valence-corrected chi connectivity index (χ0v) is 15.2. The molecule has 2 aliphatic rings. The number of hydrogen-bond acceptors (Lipinski definition) is 4. The van der Waals surface area contributed by atoms with Crippen LogP contribution >= 0.6 is 0 Å². The fraction of sp³-hybridized carbons (Fsp3) is 0.600. The van der Waals surface area contributed by atoms with Crippen LogP contribution in [0.3, 0.4) is 0 Å². The van der Waals surface area contributed by atoms with E-state index in [0.29, 0.717) is 11.5 Å². The van der Waals surface area contributed by atoms with Gasteiger partial charge in [0, 0.05) is 18.5 Å². The second kappa shape index (κ2) is 8.52. The molecule has 6 nitrogen and oxygen atoms in total. The summed E-state index contributed by atoms with van der Waals surface area (Å²) in [6.45, 7) is 0.220. The molecule has 2 unspecified atom stereocenters. The second-order valence-electron chi connectivity index (χ2n) is 7.67. The van der Waals surface area contributed by atoms with Gasteiger partial charge < -0.3 is 16.8 Å². The van der Waals surface area contributed by atoms with Crippen LogP contribution in [0.4, 0.5) is 5.82 Å². The summed E-state index contributed by atoms with van der Waals surface area (Å²) >= 11 is 0. The number of fused-ring (bicyclic) bond motifs is 1. The topological polar surface area (TPSA) is 111 Å². The Balaban J connectivity index is 1.49. The van der Waals surface area contributed by atoms with Crippen molar-refractivity contribution in [2.75, 3.05) is 5.73 Å². The molecule has 2 saturated carbocycles. The number of carbonyl (C=O) groups is 2. The fourth-order valence-electron chi connectivity index (χ4n) is 4.74. The molecule has 1 aromatic rings. The number of pyridine rings is 1. The van der Waals surface area contributed by atoms with E-state index in [1.54, 1.807) is 18.6 Å². The van der Waals surface area contributed by atoms with E-state index in [2.05, 4.69) is 10.3 Å². The van der Waals surface area contributed by atoms with Crippen LogP contribution in [-0.2, 0) is 11.3 Å². The van der Waals surface area contributed by atoms with Gasteiger partial charge in [-0.1, -0.05) is 44.6 Å². The van der Waals surface area contributed by atoms with Gasteiger partial charge in [-0.05, 0) is 36.7 Å². The number of amides is 2. The first-order valence-electron chi connectivity index (χ1n) is 9.71. The first kappa shape index (κ1) is 18.7. The maximum atomic E-state index is 12.2. The normalized spacial score (nSPS) is 25.3. The summed E-state index contributed by atoms with van der Waals surface area (Å²) in [5.41, 5.74) is 11.6. The monoisotopic (exact) mass is 357 g/mol. The first-order valence-corrected chi connectivity index (χ1v) is 9.71. The van der Waals surface area contributed by atoms with Gasteiger partial charge in [-0.15, -0.1) is 0 Å². The maximum Gasteiger partial charge on any atom is 0.267 e. The molecule has 0 spiro atoms. The van der Waals surface area contributed by atoms with E-state index in [0.717, 1.165) is 18.3 Å². The molecule has 2 aliphatic carbocycles. The third-order valence-corrected chi connectivity index (χ3v) is 6.02. The lowest BCUT2D eigenvalue weighted by atomic mass is 9.64. The number of anilines is 1. The van der Waals surface area contributed by atoms with Gasteiger partial charge >= 0.3 is 0 Å². The summed E-state index contributed by atoms with van der Waals surface area (Å²) in [5, 5.41) is 2.84. The van der Waals surface area contributed by atoms with Crippen molar-refractivity contribution in [3.63, 3.8) is 0 Å². The van der Waals surface area contributed by atoms with E-state index in [1.165, 1.54) is 44.9 Å². The van der Waals surface area contributed by atoms with Crippen LogP contribution < -0.4 is 16.8 Å². The lowest BCUT2D eigenvalue weighted by Crippen LogP contribution is -2.32. The van der Waals surface area contributed by atoms with Crippen LogP contribution in [0, 0.1) is 24.2 Å². The van der Waals surface area contributed by atoms with Crippen LogP contribution in [0.2, 0.25) is 0 Å². The van der Waals surface area contributed by atoms with Crippen LogP contribution in [0.15, 0.2) is 12.1 Å². The van der Waals surface area contributed by atoms with Crippen LogP contribution in [0.5, 0.6) is 0 Å². The molecule has 1 aromatic heterocycles. The second-order valence-corrected chi connectivity index (χ2v) is 7.67. The highest BCUT2D eigenvalue weighted by Gasteiger charge is 2.34. The molecule has 5 N–H and O–H groups in total. The van der Waals surface area contributed by atoms with Gasteiger partial charge in [0.2, 0.25) is 5.91 Å². The van der Waals surface area contributed by atoms with Crippen molar-refractivity contribution in [1.29, 1.82) is 0 Å². The lowest BCUT2D eigenvalue weighted by molar-refractivity contribution is -0.118. The Morgan fingerprint density at radius 3 is 2.73 bits per heavy atom. The zero-order chi connectivity index (χ0) is 18.5. The molecule has 3 atom stereocenters. The van der Waals surface area contributed by atoms with Crippen molar-refractivity contribution >= 4 is 17.6 Å². The molecule has 0 aromatic carbocycles. The summed E-state index contributed by atoms with van der Waals surface area (Å²) in [6.07, 6.45) is 11.9. The molecule has 0 saturated heterocycles. The van der Waals surface area contributed by atoms with Crippen molar-refractivity contribution in [3.05, 3.63) is 29.8 Å². The highest BCUT2D eigenvalue weighted by atomic mass is 16.2. The predicted octanol–water partition coefficient (Wildman–Crippen LogP) is 2.58. The minimum atomic E-state index is -0.643. The average molecular weight is 357 g/mol. The third kappa shape index (κ3) is 4.54. The predicted molar refractivity (Wildman–Crippen MR) is 101 cm³/mol. The van der Waals surface area contributed by atoms with Gasteiger partial charge in [-0.3, -0.25) is 9.59 Å². The standard InChI is InChI=1S/C20H29N4O2/c21-17-10-8-15(19(24-17)20(22)26)12-23-18(25)11-9-14-6-3-5-13-4-1-2-7-16(13)14/h8,10-11,13-14,16H,1-7,9,12H2,(H2,21,24)(H2,22,26)(H,23,25)/t13?,14?,16-/m1/s1. The summed E-state index contributed by atoms with van der Waals surface area (Å²) in [4.78, 5) is 27.7. The number of primary amides is 1. The molecule has 0 bridgehead atoms. The molecule has 2 amide bonds. The van der Waals surface area contributed by atoms with Gasteiger partial charge in [0.1, 0.15) is 11.5 Å². The number of nitrogens with two attached hydrogens (primary N) is 2. The molecule has 1 heterocycles. The summed E-state index contributed by atoms with van der Waals surface area (Å²) in [7, 11) is 0. The average Bonchev–Trinajstić information content (AvgIpc) is 2.65. The van der Waals surface area contributed by atoms with E-state index >= 15 is 0 Å². The Hall–Kier alpha value is -2.11. The summed E-state index contributed by atoms with van der Waals surface area (Å²) < 4.78 is 0. The van der Waals surface area contributed by atoms with E-state index in [9.17, 15) is 9.59 Å². The van der Waals surface area contributed by atoms with Gasteiger partial charge in [0.25, 0.3) is 5.91 Å².